The molecular weight excluding hydrogens is 241 g/mol. The van der Waals surface area contributed by atoms with Crippen molar-refractivity contribution >= 4 is 16.7 Å². The zero-order chi connectivity index (χ0) is 13.2. The van der Waals surface area contributed by atoms with Crippen molar-refractivity contribution < 1.29 is 4.39 Å². The summed E-state index contributed by atoms with van der Waals surface area (Å²) in [6.45, 7) is 2.39. The minimum atomic E-state index is -0.187. The Hall–Kier alpha value is -2.36. The van der Waals surface area contributed by atoms with Gasteiger partial charge in [0.25, 0.3) is 0 Å². The summed E-state index contributed by atoms with van der Waals surface area (Å²) >= 11 is 0. The number of hydrogen-bond donors (Lipinski definition) is 2. The van der Waals surface area contributed by atoms with Gasteiger partial charge in [0.05, 0.1) is 11.0 Å². The highest BCUT2D eigenvalue weighted by molar-refractivity contribution is 5.79. The molecule has 0 aliphatic heterocycles. The maximum absolute atomic E-state index is 13.5. The van der Waals surface area contributed by atoms with Crippen LogP contribution < -0.4 is 5.32 Å². The molecule has 0 aliphatic carbocycles. The Morgan fingerprint density at radius 2 is 2.05 bits per heavy atom. The van der Waals surface area contributed by atoms with Gasteiger partial charge in [0.2, 0.25) is 0 Å². The van der Waals surface area contributed by atoms with Crippen molar-refractivity contribution in [3.8, 4) is 0 Å². The third-order valence-electron chi connectivity index (χ3n) is 3.04. The van der Waals surface area contributed by atoms with Gasteiger partial charge in [-0.25, -0.2) is 9.37 Å². The number of aryl methyl sites for hydroxylation is 1. The van der Waals surface area contributed by atoms with Gasteiger partial charge in [0, 0.05) is 17.8 Å². The first-order chi connectivity index (χ1) is 9.22. The van der Waals surface area contributed by atoms with Gasteiger partial charge in [-0.3, -0.25) is 0 Å². The van der Waals surface area contributed by atoms with Crippen LogP contribution in [-0.2, 0) is 6.54 Å². The predicted molar refractivity (Wildman–Crippen MR) is 74.6 cm³/mol. The predicted octanol–water partition coefficient (Wildman–Crippen LogP) is 3.62. The molecule has 0 bridgehead atoms. The van der Waals surface area contributed by atoms with Gasteiger partial charge in [-0.1, -0.05) is 18.2 Å². The first-order valence-corrected chi connectivity index (χ1v) is 6.16. The summed E-state index contributed by atoms with van der Waals surface area (Å²) in [6, 6.07) is 12.7. The van der Waals surface area contributed by atoms with E-state index in [4.69, 9.17) is 0 Å². The smallest absolute Gasteiger partial charge is 0.128 e. The number of nitrogens with one attached hydrogen (secondary N) is 2. The van der Waals surface area contributed by atoms with Crippen molar-refractivity contribution in [1.82, 2.24) is 9.97 Å². The number of rotatable bonds is 3. The maximum Gasteiger partial charge on any atom is 0.128 e. The highest BCUT2D eigenvalue weighted by atomic mass is 19.1. The first-order valence-electron chi connectivity index (χ1n) is 6.16. The normalized spacial score (nSPS) is 10.8. The Labute approximate surface area is 110 Å². The monoisotopic (exact) mass is 255 g/mol. The second kappa shape index (κ2) is 4.72. The molecule has 0 saturated heterocycles. The van der Waals surface area contributed by atoms with E-state index in [-0.39, 0.29) is 5.82 Å². The molecule has 0 unspecified atom stereocenters. The lowest BCUT2D eigenvalue weighted by molar-refractivity contribution is 0.613. The number of halogens is 1. The topological polar surface area (TPSA) is 40.7 Å². The molecule has 0 radical (unpaired) electrons. The van der Waals surface area contributed by atoms with E-state index in [1.807, 2.05) is 31.2 Å². The molecule has 0 amide bonds. The third-order valence-corrected chi connectivity index (χ3v) is 3.04. The van der Waals surface area contributed by atoms with Crippen LogP contribution in [0.25, 0.3) is 11.0 Å². The Morgan fingerprint density at radius 3 is 2.89 bits per heavy atom. The second-order valence-electron chi connectivity index (χ2n) is 4.50. The maximum atomic E-state index is 13.5. The van der Waals surface area contributed by atoms with Gasteiger partial charge in [0.15, 0.2) is 0 Å². The Bertz CT molecular complexity index is 718. The van der Waals surface area contributed by atoms with Gasteiger partial charge in [-0.15, -0.1) is 0 Å². The SMILES string of the molecule is Cc1nc2ccc(NCc3ccccc3F)cc2[nH]1. The fourth-order valence-corrected chi connectivity index (χ4v) is 2.09. The summed E-state index contributed by atoms with van der Waals surface area (Å²) in [5.74, 6) is 0.703. The fraction of sp³-hybridized carbons (Fsp3) is 0.133. The molecule has 2 aromatic carbocycles. The van der Waals surface area contributed by atoms with E-state index in [2.05, 4.69) is 15.3 Å². The number of aromatic nitrogens is 2. The highest BCUT2D eigenvalue weighted by Gasteiger charge is 2.03. The van der Waals surface area contributed by atoms with Crippen LogP contribution in [0.1, 0.15) is 11.4 Å². The Kier molecular flexibility index (Phi) is 2.91. The van der Waals surface area contributed by atoms with Crippen molar-refractivity contribution in [2.45, 2.75) is 13.5 Å². The van der Waals surface area contributed by atoms with Gasteiger partial charge in [-0.2, -0.15) is 0 Å². The van der Waals surface area contributed by atoms with Gasteiger partial charge >= 0.3 is 0 Å². The molecular formula is C15H14FN3. The summed E-state index contributed by atoms with van der Waals surface area (Å²) in [5, 5.41) is 3.22. The molecule has 3 aromatic rings. The lowest BCUT2D eigenvalue weighted by Gasteiger charge is -2.07. The third kappa shape index (κ3) is 2.42. The van der Waals surface area contributed by atoms with Crippen LogP contribution in [0.5, 0.6) is 0 Å². The minimum Gasteiger partial charge on any atom is -0.381 e. The average Bonchev–Trinajstić information content (AvgIpc) is 2.77. The Morgan fingerprint density at radius 1 is 1.21 bits per heavy atom. The van der Waals surface area contributed by atoms with E-state index in [1.165, 1.54) is 6.07 Å². The van der Waals surface area contributed by atoms with E-state index in [0.717, 1.165) is 22.5 Å². The van der Waals surface area contributed by atoms with Crippen molar-refractivity contribution in [2.24, 2.45) is 0 Å². The van der Waals surface area contributed by atoms with Gasteiger partial charge in [-0.05, 0) is 31.2 Å². The zero-order valence-electron chi connectivity index (χ0n) is 10.6. The van der Waals surface area contributed by atoms with Crippen LogP contribution in [0.2, 0.25) is 0 Å². The number of hydrogen-bond acceptors (Lipinski definition) is 2. The number of fused-ring (bicyclic) bond motifs is 1. The molecule has 96 valence electrons. The number of anilines is 1. The van der Waals surface area contributed by atoms with Crippen LogP contribution in [0.3, 0.4) is 0 Å². The summed E-state index contributed by atoms with van der Waals surface area (Å²) in [4.78, 5) is 7.53. The molecule has 0 fully saturated rings. The van der Waals surface area contributed by atoms with Crippen LogP contribution in [0.15, 0.2) is 42.5 Å². The molecule has 0 aliphatic rings. The molecule has 1 heterocycles. The van der Waals surface area contributed by atoms with E-state index >= 15 is 0 Å². The molecule has 1 aromatic heterocycles. The Balaban J connectivity index is 1.80. The van der Waals surface area contributed by atoms with Gasteiger partial charge < -0.3 is 10.3 Å². The van der Waals surface area contributed by atoms with E-state index in [9.17, 15) is 4.39 Å². The quantitative estimate of drug-likeness (QED) is 0.750. The second-order valence-corrected chi connectivity index (χ2v) is 4.50. The summed E-state index contributed by atoms with van der Waals surface area (Å²) in [5.41, 5.74) is 3.52. The molecule has 0 saturated carbocycles. The standard InChI is InChI=1S/C15H14FN3/c1-10-18-14-7-6-12(8-15(14)19-10)17-9-11-4-2-3-5-13(11)16/h2-8,17H,9H2,1H3,(H,18,19). The summed E-state index contributed by atoms with van der Waals surface area (Å²) in [7, 11) is 0. The molecule has 0 atom stereocenters. The lowest BCUT2D eigenvalue weighted by Crippen LogP contribution is -2.01. The summed E-state index contributed by atoms with van der Waals surface area (Å²) < 4.78 is 13.5. The molecule has 4 heteroatoms. The number of imidazole rings is 1. The zero-order valence-corrected chi connectivity index (χ0v) is 10.6. The van der Waals surface area contributed by atoms with Crippen molar-refractivity contribution in [1.29, 1.82) is 0 Å². The first kappa shape index (κ1) is 11.7. The molecule has 19 heavy (non-hydrogen) atoms. The largest absolute Gasteiger partial charge is 0.381 e. The summed E-state index contributed by atoms with van der Waals surface area (Å²) in [6.07, 6.45) is 0. The molecule has 2 N–H and O–H groups in total. The van der Waals surface area contributed by atoms with Crippen molar-refractivity contribution in [2.75, 3.05) is 5.32 Å². The number of nitrogens with zero attached hydrogens (tertiary/aromatic N) is 1. The van der Waals surface area contributed by atoms with Crippen LogP contribution in [0, 0.1) is 12.7 Å². The van der Waals surface area contributed by atoms with Crippen molar-refractivity contribution in [3.63, 3.8) is 0 Å². The molecule has 0 spiro atoms. The molecule has 3 rings (SSSR count). The van der Waals surface area contributed by atoms with Crippen molar-refractivity contribution in [3.05, 3.63) is 59.7 Å². The fourth-order valence-electron chi connectivity index (χ4n) is 2.09. The lowest BCUT2D eigenvalue weighted by atomic mass is 10.2. The number of H-pyrrole nitrogens is 1. The van der Waals surface area contributed by atoms with E-state index < -0.39 is 0 Å². The number of benzene rings is 2. The van der Waals surface area contributed by atoms with Crippen LogP contribution in [0.4, 0.5) is 10.1 Å². The minimum absolute atomic E-state index is 0.187. The average molecular weight is 255 g/mol. The van der Waals surface area contributed by atoms with Crippen LogP contribution in [-0.4, -0.2) is 9.97 Å². The van der Waals surface area contributed by atoms with Gasteiger partial charge in [0.1, 0.15) is 11.6 Å². The van der Waals surface area contributed by atoms with E-state index in [0.29, 0.717) is 12.1 Å². The highest BCUT2D eigenvalue weighted by Crippen LogP contribution is 2.18. The van der Waals surface area contributed by atoms with Crippen LogP contribution >= 0.6 is 0 Å². The van der Waals surface area contributed by atoms with E-state index in [1.54, 1.807) is 12.1 Å². The molecule has 3 nitrogen and oxygen atoms in total. The number of aromatic amines is 1.